The van der Waals surface area contributed by atoms with Crippen LogP contribution < -0.4 is 10.2 Å². The van der Waals surface area contributed by atoms with Crippen molar-refractivity contribution in [2.45, 2.75) is 26.1 Å². The Morgan fingerprint density at radius 2 is 2.00 bits per heavy atom. The van der Waals surface area contributed by atoms with Crippen LogP contribution in [-0.4, -0.2) is 25.7 Å². The van der Waals surface area contributed by atoms with Gasteiger partial charge < -0.3 is 10.2 Å². The van der Waals surface area contributed by atoms with Crippen LogP contribution >= 0.6 is 15.9 Å². The summed E-state index contributed by atoms with van der Waals surface area (Å²) in [6.07, 6.45) is -4.32. The van der Waals surface area contributed by atoms with E-state index in [2.05, 4.69) is 35.1 Å². The average molecular weight is 351 g/mol. The zero-order chi connectivity index (χ0) is 14.9. The molecule has 0 aromatic heterocycles. The molecule has 1 N–H and O–H groups in total. The van der Waals surface area contributed by atoms with E-state index in [1.54, 1.807) is 6.07 Å². The average Bonchev–Trinajstić information content (AvgIpc) is 2.37. The van der Waals surface area contributed by atoms with Crippen molar-refractivity contribution < 1.29 is 13.2 Å². The highest BCUT2D eigenvalue weighted by Crippen LogP contribution is 2.34. The van der Waals surface area contributed by atoms with Crippen molar-refractivity contribution in [3.63, 3.8) is 0 Å². The highest BCUT2D eigenvalue weighted by molar-refractivity contribution is 9.10. The van der Waals surface area contributed by atoms with Crippen LogP contribution in [0.3, 0.4) is 0 Å². The van der Waals surface area contributed by atoms with Crippen molar-refractivity contribution in [2.24, 2.45) is 5.92 Å². The first kappa shape index (κ1) is 15.6. The van der Waals surface area contributed by atoms with Gasteiger partial charge >= 0.3 is 6.18 Å². The second kappa shape index (κ2) is 5.93. The second-order valence-corrected chi connectivity index (χ2v) is 6.36. The highest BCUT2D eigenvalue weighted by atomic mass is 79.9. The summed E-state index contributed by atoms with van der Waals surface area (Å²) in [6.45, 7) is 6.46. The molecule has 1 atom stereocenters. The minimum Gasteiger partial charge on any atom is -0.369 e. The van der Waals surface area contributed by atoms with Gasteiger partial charge in [-0.2, -0.15) is 13.2 Å². The van der Waals surface area contributed by atoms with Crippen LogP contribution in [0.4, 0.5) is 18.9 Å². The third-order valence-corrected chi connectivity index (χ3v) is 4.04. The molecule has 1 saturated heterocycles. The number of piperazine rings is 1. The number of nitrogens with zero attached hydrogens (tertiary/aromatic N) is 1. The normalized spacial score (nSPS) is 20.6. The van der Waals surface area contributed by atoms with Crippen LogP contribution in [-0.2, 0) is 6.18 Å². The van der Waals surface area contributed by atoms with E-state index in [0.717, 1.165) is 25.7 Å². The number of benzene rings is 1. The lowest BCUT2D eigenvalue weighted by Crippen LogP contribution is -2.53. The van der Waals surface area contributed by atoms with Gasteiger partial charge in [-0.1, -0.05) is 29.8 Å². The van der Waals surface area contributed by atoms with E-state index in [0.29, 0.717) is 22.1 Å². The van der Waals surface area contributed by atoms with Gasteiger partial charge in [-0.25, -0.2) is 0 Å². The molecule has 1 unspecified atom stereocenters. The lowest BCUT2D eigenvalue weighted by atomic mass is 10.0. The Bertz CT molecular complexity index is 474. The minimum absolute atomic E-state index is 0.303. The van der Waals surface area contributed by atoms with Gasteiger partial charge in [-0.3, -0.25) is 0 Å². The van der Waals surface area contributed by atoms with Crippen LogP contribution in [0.1, 0.15) is 19.4 Å². The van der Waals surface area contributed by atoms with Crippen LogP contribution in [0.25, 0.3) is 0 Å². The van der Waals surface area contributed by atoms with Gasteiger partial charge in [0.25, 0.3) is 0 Å². The smallest absolute Gasteiger partial charge is 0.369 e. The molecular formula is C14H18BrF3N2. The Kier molecular flexibility index (Phi) is 4.64. The van der Waals surface area contributed by atoms with E-state index in [1.807, 2.05) is 4.90 Å². The molecule has 112 valence electrons. The maximum Gasteiger partial charge on any atom is 0.416 e. The summed E-state index contributed by atoms with van der Waals surface area (Å²) in [5.74, 6) is 0.451. The zero-order valence-corrected chi connectivity index (χ0v) is 13.1. The van der Waals surface area contributed by atoms with Crippen LogP contribution in [0.5, 0.6) is 0 Å². The quantitative estimate of drug-likeness (QED) is 0.869. The maximum absolute atomic E-state index is 12.9. The Morgan fingerprint density at radius 1 is 1.30 bits per heavy atom. The monoisotopic (exact) mass is 350 g/mol. The lowest BCUT2D eigenvalue weighted by Gasteiger charge is -2.37. The Balaban J connectivity index is 2.26. The molecule has 2 nitrogen and oxygen atoms in total. The molecule has 1 aromatic carbocycles. The number of rotatable bonds is 2. The molecule has 1 fully saturated rings. The molecule has 0 spiro atoms. The molecule has 1 aliphatic heterocycles. The standard InChI is InChI=1S/C14H18BrF3N2/c1-9(2)13-8-20(4-3-19-13)12-6-10(14(16,17)18)5-11(15)7-12/h5-7,9,13,19H,3-4,8H2,1-2H3. The van der Waals surface area contributed by atoms with Gasteiger partial charge in [0.05, 0.1) is 5.56 Å². The number of hydrogen-bond acceptors (Lipinski definition) is 2. The molecule has 0 radical (unpaired) electrons. The summed E-state index contributed by atoms with van der Waals surface area (Å²) in [4.78, 5) is 2.02. The van der Waals surface area contributed by atoms with Crippen LogP contribution in [0.15, 0.2) is 22.7 Å². The van der Waals surface area contributed by atoms with Gasteiger partial charge in [-0.05, 0) is 24.1 Å². The Labute approximate surface area is 125 Å². The van der Waals surface area contributed by atoms with E-state index in [1.165, 1.54) is 6.07 Å². The van der Waals surface area contributed by atoms with E-state index < -0.39 is 11.7 Å². The van der Waals surface area contributed by atoms with Crippen LogP contribution in [0.2, 0.25) is 0 Å². The largest absolute Gasteiger partial charge is 0.416 e. The molecule has 0 amide bonds. The first-order valence-electron chi connectivity index (χ1n) is 6.63. The summed E-state index contributed by atoms with van der Waals surface area (Å²) in [5.41, 5.74) is 0.0142. The summed E-state index contributed by atoms with van der Waals surface area (Å²) in [6, 6.07) is 4.40. The van der Waals surface area contributed by atoms with Gasteiger partial charge in [0.15, 0.2) is 0 Å². The number of alkyl halides is 3. The molecule has 2 rings (SSSR count). The van der Waals surface area contributed by atoms with Crippen LogP contribution in [0, 0.1) is 5.92 Å². The summed E-state index contributed by atoms with van der Waals surface area (Å²) in [7, 11) is 0. The zero-order valence-electron chi connectivity index (χ0n) is 11.5. The van der Waals surface area contributed by atoms with Crippen molar-refractivity contribution in [2.75, 3.05) is 24.5 Å². The molecule has 0 bridgehead atoms. The summed E-state index contributed by atoms with van der Waals surface area (Å²) >= 11 is 3.17. The van der Waals surface area contributed by atoms with E-state index in [4.69, 9.17) is 0 Å². The fourth-order valence-electron chi connectivity index (χ4n) is 2.38. The molecule has 0 aliphatic carbocycles. The van der Waals surface area contributed by atoms with Crippen molar-refractivity contribution in [1.29, 1.82) is 0 Å². The molecular weight excluding hydrogens is 333 g/mol. The minimum atomic E-state index is -4.32. The van der Waals surface area contributed by atoms with E-state index in [9.17, 15) is 13.2 Å². The molecule has 0 saturated carbocycles. The predicted octanol–water partition coefficient (Wildman–Crippen LogP) is 3.90. The lowest BCUT2D eigenvalue weighted by molar-refractivity contribution is -0.137. The fourth-order valence-corrected chi connectivity index (χ4v) is 2.86. The number of hydrogen-bond donors (Lipinski definition) is 1. The van der Waals surface area contributed by atoms with E-state index >= 15 is 0 Å². The highest BCUT2D eigenvalue weighted by Gasteiger charge is 2.32. The fraction of sp³-hybridized carbons (Fsp3) is 0.571. The topological polar surface area (TPSA) is 15.3 Å². The van der Waals surface area contributed by atoms with Crippen molar-refractivity contribution >= 4 is 21.6 Å². The van der Waals surface area contributed by atoms with Crippen molar-refractivity contribution in [1.82, 2.24) is 5.32 Å². The van der Waals surface area contributed by atoms with Gasteiger partial charge in [-0.15, -0.1) is 0 Å². The maximum atomic E-state index is 12.9. The first-order valence-corrected chi connectivity index (χ1v) is 7.43. The SMILES string of the molecule is CC(C)C1CN(c2cc(Br)cc(C(F)(F)F)c2)CCN1. The number of halogens is 4. The Hall–Kier alpha value is -0.750. The van der Waals surface area contributed by atoms with Crippen molar-refractivity contribution in [3.05, 3.63) is 28.2 Å². The number of anilines is 1. The van der Waals surface area contributed by atoms with Gasteiger partial charge in [0.1, 0.15) is 0 Å². The number of nitrogens with one attached hydrogen (secondary N) is 1. The third-order valence-electron chi connectivity index (χ3n) is 3.59. The summed E-state index contributed by atoms with van der Waals surface area (Å²) < 4.78 is 39.1. The first-order chi connectivity index (χ1) is 9.27. The molecule has 6 heteroatoms. The summed E-state index contributed by atoms with van der Waals surface area (Å²) in [5, 5.41) is 3.40. The van der Waals surface area contributed by atoms with E-state index in [-0.39, 0.29) is 0 Å². The third kappa shape index (κ3) is 3.67. The van der Waals surface area contributed by atoms with Gasteiger partial charge in [0, 0.05) is 35.8 Å². The predicted molar refractivity (Wildman–Crippen MR) is 78.0 cm³/mol. The molecule has 1 aliphatic rings. The Morgan fingerprint density at radius 3 is 2.60 bits per heavy atom. The van der Waals surface area contributed by atoms with Crippen molar-refractivity contribution in [3.8, 4) is 0 Å². The molecule has 20 heavy (non-hydrogen) atoms. The molecule has 1 heterocycles. The second-order valence-electron chi connectivity index (χ2n) is 5.45. The molecule has 1 aromatic rings. The van der Waals surface area contributed by atoms with Gasteiger partial charge in [0.2, 0.25) is 0 Å².